The van der Waals surface area contributed by atoms with Crippen LogP contribution in [0.2, 0.25) is 0 Å². The quantitative estimate of drug-likeness (QED) is 0.560. The lowest BCUT2D eigenvalue weighted by Crippen LogP contribution is -2.37. The lowest BCUT2D eigenvalue weighted by atomic mass is 9.90. The summed E-state index contributed by atoms with van der Waals surface area (Å²) in [6, 6.07) is 0. The third-order valence-electron chi connectivity index (χ3n) is 2.41. The maximum absolute atomic E-state index is 8.90. The molecule has 0 bridgehead atoms. The van der Waals surface area contributed by atoms with E-state index in [4.69, 9.17) is 14.6 Å². The van der Waals surface area contributed by atoms with E-state index in [1.54, 1.807) is 0 Å². The molecule has 0 aliphatic rings. The lowest BCUT2D eigenvalue weighted by molar-refractivity contribution is -0.133. The number of aliphatic hydroxyl groups is 1. The molecule has 0 saturated carbocycles. The summed E-state index contributed by atoms with van der Waals surface area (Å²) in [5.41, 5.74) is 0.109. The molecule has 0 spiro atoms. The molecular weight excluding hydrogens is 206 g/mol. The molecule has 0 amide bonds. The molecule has 98 valence electrons. The van der Waals surface area contributed by atoms with E-state index >= 15 is 0 Å². The van der Waals surface area contributed by atoms with Crippen molar-refractivity contribution in [2.24, 2.45) is 5.41 Å². The summed E-state index contributed by atoms with van der Waals surface area (Å²) in [5.74, 6) is 0. The number of ether oxygens (including phenoxy) is 2. The minimum absolute atomic E-state index is 0.109. The number of nitrogens with one attached hydrogen (secondary N) is 1. The molecule has 0 aliphatic carbocycles. The molecule has 0 aromatic rings. The summed E-state index contributed by atoms with van der Waals surface area (Å²) in [5, 5.41) is 12.2. The molecule has 0 radical (unpaired) electrons. The first kappa shape index (κ1) is 15.8. The minimum Gasteiger partial charge on any atom is -0.396 e. The van der Waals surface area contributed by atoms with E-state index in [1.165, 1.54) is 0 Å². The first-order valence-electron chi connectivity index (χ1n) is 6.10. The lowest BCUT2D eigenvalue weighted by Gasteiger charge is -2.25. The molecule has 0 aromatic heterocycles. The molecule has 0 fully saturated rings. The number of aliphatic hydroxyl groups excluding tert-OH is 1. The van der Waals surface area contributed by atoms with Gasteiger partial charge in [-0.2, -0.15) is 0 Å². The summed E-state index contributed by atoms with van der Waals surface area (Å²) in [7, 11) is 0. The fraction of sp³-hybridized carbons (Fsp3) is 1.00. The molecule has 0 atom stereocenters. The molecule has 0 aromatic carbocycles. The van der Waals surface area contributed by atoms with Crippen molar-refractivity contribution < 1.29 is 14.6 Å². The van der Waals surface area contributed by atoms with Gasteiger partial charge in [-0.25, -0.2) is 0 Å². The van der Waals surface area contributed by atoms with E-state index in [1.807, 2.05) is 13.8 Å². The summed E-state index contributed by atoms with van der Waals surface area (Å²) >= 11 is 0. The molecule has 0 aliphatic heterocycles. The van der Waals surface area contributed by atoms with Crippen molar-refractivity contribution in [2.45, 2.75) is 40.4 Å². The Morgan fingerprint density at radius 2 is 1.75 bits per heavy atom. The number of hydrogen-bond acceptors (Lipinski definition) is 4. The van der Waals surface area contributed by atoms with Gasteiger partial charge < -0.3 is 19.9 Å². The highest BCUT2D eigenvalue weighted by Crippen LogP contribution is 2.17. The summed E-state index contributed by atoms with van der Waals surface area (Å²) in [6.07, 6.45) is 0.633. The van der Waals surface area contributed by atoms with Gasteiger partial charge >= 0.3 is 0 Å². The molecule has 0 rings (SSSR count). The topological polar surface area (TPSA) is 50.7 Å². The van der Waals surface area contributed by atoms with Crippen LogP contribution < -0.4 is 5.32 Å². The summed E-state index contributed by atoms with van der Waals surface area (Å²) < 4.78 is 10.8. The second-order valence-corrected chi connectivity index (χ2v) is 4.61. The second-order valence-electron chi connectivity index (χ2n) is 4.61. The van der Waals surface area contributed by atoms with Crippen LogP contribution in [0.25, 0.3) is 0 Å². The van der Waals surface area contributed by atoms with Crippen molar-refractivity contribution in [3.8, 4) is 0 Å². The van der Waals surface area contributed by atoms with Gasteiger partial charge in [0.05, 0.1) is 0 Å². The average molecular weight is 233 g/mol. The molecule has 16 heavy (non-hydrogen) atoms. The zero-order valence-corrected chi connectivity index (χ0v) is 11.1. The van der Waals surface area contributed by atoms with Gasteiger partial charge in [0.25, 0.3) is 0 Å². The van der Waals surface area contributed by atoms with Gasteiger partial charge in [-0.3, -0.25) is 0 Å². The monoisotopic (exact) mass is 233 g/mol. The van der Waals surface area contributed by atoms with Crippen molar-refractivity contribution in [1.82, 2.24) is 5.32 Å². The highest BCUT2D eigenvalue weighted by Gasteiger charge is 2.17. The summed E-state index contributed by atoms with van der Waals surface area (Å²) in [6.45, 7) is 11.3. The third kappa shape index (κ3) is 8.05. The molecule has 4 heteroatoms. The molecule has 2 N–H and O–H groups in total. The van der Waals surface area contributed by atoms with Gasteiger partial charge in [-0.1, -0.05) is 13.8 Å². The van der Waals surface area contributed by atoms with Crippen molar-refractivity contribution in [2.75, 3.05) is 32.9 Å². The van der Waals surface area contributed by atoms with Gasteiger partial charge in [0.2, 0.25) is 0 Å². The Morgan fingerprint density at radius 3 is 2.19 bits per heavy atom. The normalized spacial score (nSPS) is 12.4. The Labute approximate surface area is 99.3 Å². The fourth-order valence-electron chi connectivity index (χ4n) is 1.46. The standard InChI is InChI=1S/C12H27NO3/c1-5-15-11(16-6-2)9-13-10-12(3,4)7-8-14/h11,13-14H,5-10H2,1-4H3. The zero-order chi connectivity index (χ0) is 12.4. The largest absolute Gasteiger partial charge is 0.396 e. The van der Waals surface area contributed by atoms with Crippen LogP contribution in [0, 0.1) is 5.41 Å². The highest BCUT2D eigenvalue weighted by atomic mass is 16.7. The summed E-state index contributed by atoms with van der Waals surface area (Å²) in [4.78, 5) is 0. The number of rotatable bonds is 10. The Morgan fingerprint density at radius 1 is 1.19 bits per heavy atom. The van der Waals surface area contributed by atoms with Crippen LogP contribution in [0.4, 0.5) is 0 Å². The van der Waals surface area contributed by atoms with Crippen LogP contribution in [0.1, 0.15) is 34.1 Å². The first-order valence-corrected chi connectivity index (χ1v) is 6.10. The highest BCUT2D eigenvalue weighted by molar-refractivity contribution is 4.71. The van der Waals surface area contributed by atoms with E-state index in [2.05, 4.69) is 19.2 Å². The van der Waals surface area contributed by atoms with Crippen LogP contribution in [0.3, 0.4) is 0 Å². The SMILES string of the molecule is CCOC(CNCC(C)(C)CCO)OCC. The number of hydrogen-bond donors (Lipinski definition) is 2. The van der Waals surface area contributed by atoms with Gasteiger partial charge in [0.1, 0.15) is 0 Å². The van der Waals surface area contributed by atoms with Crippen molar-refractivity contribution in [3.63, 3.8) is 0 Å². The molecule has 4 nitrogen and oxygen atoms in total. The minimum atomic E-state index is -0.167. The molecule has 0 heterocycles. The van der Waals surface area contributed by atoms with E-state index in [0.29, 0.717) is 19.8 Å². The van der Waals surface area contributed by atoms with Crippen molar-refractivity contribution in [3.05, 3.63) is 0 Å². The van der Waals surface area contributed by atoms with Gasteiger partial charge in [-0.15, -0.1) is 0 Å². The first-order chi connectivity index (χ1) is 7.55. The maximum Gasteiger partial charge on any atom is 0.169 e. The van der Waals surface area contributed by atoms with Crippen LogP contribution in [-0.2, 0) is 9.47 Å². The Balaban J connectivity index is 3.75. The van der Waals surface area contributed by atoms with Crippen LogP contribution >= 0.6 is 0 Å². The molecular formula is C12H27NO3. The van der Waals surface area contributed by atoms with Gasteiger partial charge in [0.15, 0.2) is 6.29 Å². The average Bonchev–Trinajstić information content (AvgIpc) is 2.18. The Hall–Kier alpha value is -0.160. The zero-order valence-electron chi connectivity index (χ0n) is 11.1. The van der Waals surface area contributed by atoms with E-state index in [0.717, 1.165) is 13.0 Å². The fourth-order valence-corrected chi connectivity index (χ4v) is 1.46. The smallest absolute Gasteiger partial charge is 0.169 e. The predicted octanol–water partition coefficient (Wildman–Crippen LogP) is 1.38. The van der Waals surface area contributed by atoms with Crippen molar-refractivity contribution >= 4 is 0 Å². The van der Waals surface area contributed by atoms with E-state index < -0.39 is 0 Å². The van der Waals surface area contributed by atoms with E-state index in [9.17, 15) is 0 Å². The predicted molar refractivity (Wildman–Crippen MR) is 65.4 cm³/mol. The maximum atomic E-state index is 8.90. The van der Waals surface area contributed by atoms with E-state index in [-0.39, 0.29) is 18.3 Å². The van der Waals surface area contributed by atoms with Crippen LogP contribution in [-0.4, -0.2) is 44.3 Å². The molecule has 0 saturated heterocycles. The molecule has 0 unspecified atom stereocenters. The second kappa shape index (κ2) is 8.93. The Bertz CT molecular complexity index is 156. The van der Waals surface area contributed by atoms with Crippen molar-refractivity contribution in [1.29, 1.82) is 0 Å². The van der Waals surface area contributed by atoms with Crippen LogP contribution in [0.5, 0.6) is 0 Å². The third-order valence-corrected chi connectivity index (χ3v) is 2.41. The van der Waals surface area contributed by atoms with Gasteiger partial charge in [-0.05, 0) is 25.7 Å². The Kier molecular flexibility index (Phi) is 8.84. The van der Waals surface area contributed by atoms with Crippen LogP contribution in [0.15, 0.2) is 0 Å². The van der Waals surface area contributed by atoms with Gasteiger partial charge in [0, 0.05) is 32.9 Å².